The van der Waals surface area contributed by atoms with Crippen molar-refractivity contribution in [3.8, 4) is 5.75 Å². The molecule has 8 heteroatoms. The van der Waals surface area contributed by atoms with Crippen LogP contribution in [0.3, 0.4) is 0 Å². The Labute approximate surface area is 215 Å². The molecule has 4 aromatic rings. The van der Waals surface area contributed by atoms with E-state index >= 15 is 0 Å². The third kappa shape index (κ3) is 5.33. The summed E-state index contributed by atoms with van der Waals surface area (Å²) in [5.41, 5.74) is 4.13. The quantitative estimate of drug-likeness (QED) is 0.419. The van der Waals surface area contributed by atoms with Gasteiger partial charge >= 0.3 is 0 Å². The predicted molar refractivity (Wildman–Crippen MR) is 144 cm³/mol. The number of piperidine rings is 1. The molecule has 3 heterocycles. The smallest absolute Gasteiger partial charge is 0.295 e. The number of nitrogens with zero attached hydrogens (tertiary/aromatic N) is 4. The van der Waals surface area contributed by atoms with Gasteiger partial charge in [-0.2, -0.15) is 0 Å². The second kappa shape index (κ2) is 10.8. The minimum atomic E-state index is -0.236. The Morgan fingerprint density at radius 1 is 1.11 bits per heavy atom. The molecule has 1 fully saturated rings. The fourth-order valence-corrected chi connectivity index (χ4v) is 4.85. The van der Waals surface area contributed by atoms with Crippen LogP contribution in [0.25, 0.3) is 11.2 Å². The summed E-state index contributed by atoms with van der Waals surface area (Å²) in [6.07, 6.45) is 3.25. The number of nitrogens with one attached hydrogen (secondary N) is 1. The number of carbonyl (C=O) groups excluding carboxylic acids is 1. The van der Waals surface area contributed by atoms with E-state index in [0.717, 1.165) is 35.3 Å². The van der Waals surface area contributed by atoms with E-state index in [1.807, 2.05) is 72.5 Å². The third-order valence-electron chi connectivity index (χ3n) is 6.88. The zero-order chi connectivity index (χ0) is 25.8. The fraction of sp³-hybridized carbons (Fsp3) is 0.310. The van der Waals surface area contributed by atoms with Crippen LogP contribution in [0.15, 0.2) is 71.7 Å². The van der Waals surface area contributed by atoms with Gasteiger partial charge in [0, 0.05) is 31.4 Å². The molecule has 0 aliphatic carbocycles. The Balaban J connectivity index is 1.38. The van der Waals surface area contributed by atoms with E-state index in [2.05, 4.69) is 10.3 Å². The number of methoxy groups -OCH3 is 1. The Morgan fingerprint density at radius 3 is 2.73 bits per heavy atom. The van der Waals surface area contributed by atoms with E-state index in [1.54, 1.807) is 17.9 Å². The minimum Gasteiger partial charge on any atom is -0.496 e. The van der Waals surface area contributed by atoms with Crippen LogP contribution >= 0.6 is 0 Å². The molecule has 0 saturated carbocycles. The zero-order valence-corrected chi connectivity index (χ0v) is 21.2. The molecule has 1 unspecified atom stereocenters. The summed E-state index contributed by atoms with van der Waals surface area (Å²) in [4.78, 5) is 37.9. The molecular formula is C29H31N5O3. The molecule has 1 aliphatic rings. The van der Waals surface area contributed by atoms with Crippen LogP contribution in [0.2, 0.25) is 0 Å². The molecule has 5 rings (SSSR count). The lowest BCUT2D eigenvalue weighted by molar-refractivity contribution is -0.125. The number of anilines is 1. The van der Waals surface area contributed by atoms with Gasteiger partial charge in [-0.3, -0.25) is 14.2 Å². The lowest BCUT2D eigenvalue weighted by Gasteiger charge is -2.32. The van der Waals surface area contributed by atoms with Crippen molar-refractivity contribution in [3.05, 3.63) is 93.9 Å². The maximum Gasteiger partial charge on any atom is 0.295 e. The first-order chi connectivity index (χ1) is 18.0. The Kier molecular flexibility index (Phi) is 7.16. The van der Waals surface area contributed by atoms with E-state index in [-0.39, 0.29) is 17.4 Å². The van der Waals surface area contributed by atoms with Gasteiger partial charge in [-0.1, -0.05) is 48.0 Å². The van der Waals surface area contributed by atoms with Gasteiger partial charge < -0.3 is 15.0 Å². The number of fused-ring (bicyclic) bond motifs is 1. The number of ether oxygens (including phenoxy) is 1. The normalized spacial score (nSPS) is 15.5. The van der Waals surface area contributed by atoms with Crippen molar-refractivity contribution in [3.63, 3.8) is 0 Å². The molecular weight excluding hydrogens is 466 g/mol. The highest BCUT2D eigenvalue weighted by Crippen LogP contribution is 2.23. The highest BCUT2D eigenvalue weighted by Gasteiger charge is 2.29. The standard InChI is InChI=1S/C29H31N5O3/c1-20-11-13-21(14-12-20)18-34-26-24(9-5-15-30-26)32-27(29(34)36)33-16-6-8-23(19-33)28(35)31-17-22-7-3-4-10-25(22)37-2/h3-5,7,9-15,23H,6,8,16-19H2,1-2H3,(H,31,35). The van der Waals surface area contributed by atoms with Gasteiger partial charge in [-0.05, 0) is 43.5 Å². The second-order valence-electron chi connectivity index (χ2n) is 9.47. The first kappa shape index (κ1) is 24.5. The topological polar surface area (TPSA) is 89.3 Å². The SMILES string of the molecule is COc1ccccc1CNC(=O)C1CCCN(c2nc3cccnc3n(Cc3ccc(C)cc3)c2=O)C1. The molecule has 1 amide bonds. The molecule has 37 heavy (non-hydrogen) atoms. The van der Waals surface area contributed by atoms with Crippen molar-refractivity contribution in [2.24, 2.45) is 5.92 Å². The average molecular weight is 498 g/mol. The summed E-state index contributed by atoms with van der Waals surface area (Å²) in [5.74, 6) is 0.851. The van der Waals surface area contributed by atoms with Crippen LogP contribution in [0, 0.1) is 12.8 Å². The monoisotopic (exact) mass is 497 g/mol. The number of amides is 1. The third-order valence-corrected chi connectivity index (χ3v) is 6.88. The number of aryl methyl sites for hydroxylation is 1. The number of benzene rings is 2. The molecule has 0 bridgehead atoms. The summed E-state index contributed by atoms with van der Waals surface area (Å²) >= 11 is 0. The van der Waals surface area contributed by atoms with Gasteiger partial charge in [0.05, 0.1) is 19.6 Å². The Morgan fingerprint density at radius 2 is 1.92 bits per heavy atom. The molecule has 8 nitrogen and oxygen atoms in total. The maximum atomic E-state index is 13.7. The highest BCUT2D eigenvalue weighted by atomic mass is 16.5. The summed E-state index contributed by atoms with van der Waals surface area (Å²) < 4.78 is 7.08. The van der Waals surface area contributed by atoms with E-state index in [1.165, 1.54) is 0 Å². The van der Waals surface area contributed by atoms with Crippen molar-refractivity contribution in [1.29, 1.82) is 0 Å². The van der Waals surface area contributed by atoms with Gasteiger partial charge in [0.1, 0.15) is 11.3 Å². The summed E-state index contributed by atoms with van der Waals surface area (Å²) in [7, 11) is 1.62. The van der Waals surface area contributed by atoms with E-state index in [0.29, 0.717) is 43.2 Å². The summed E-state index contributed by atoms with van der Waals surface area (Å²) in [5, 5.41) is 3.05. The molecule has 1 atom stereocenters. The van der Waals surface area contributed by atoms with Crippen LogP contribution in [0.4, 0.5) is 5.82 Å². The highest BCUT2D eigenvalue weighted by molar-refractivity contribution is 5.80. The first-order valence-electron chi connectivity index (χ1n) is 12.6. The van der Waals surface area contributed by atoms with Gasteiger partial charge in [-0.15, -0.1) is 0 Å². The number of hydrogen-bond donors (Lipinski definition) is 1. The number of para-hydroxylation sites is 1. The number of pyridine rings is 1. The molecule has 1 aliphatic heterocycles. The van der Waals surface area contributed by atoms with Gasteiger partial charge in [0.25, 0.3) is 5.56 Å². The Bertz CT molecular complexity index is 1460. The van der Waals surface area contributed by atoms with Crippen LogP contribution < -0.4 is 20.5 Å². The first-order valence-corrected chi connectivity index (χ1v) is 12.6. The summed E-state index contributed by atoms with van der Waals surface area (Å²) in [6.45, 7) is 3.95. The lowest BCUT2D eigenvalue weighted by Crippen LogP contribution is -2.45. The number of rotatable bonds is 7. The molecule has 1 saturated heterocycles. The number of aromatic nitrogens is 3. The number of carbonyl (C=O) groups is 1. The lowest BCUT2D eigenvalue weighted by atomic mass is 9.97. The average Bonchev–Trinajstić information content (AvgIpc) is 2.94. The van der Waals surface area contributed by atoms with Crippen molar-refractivity contribution >= 4 is 22.9 Å². The van der Waals surface area contributed by atoms with Crippen LogP contribution in [0.5, 0.6) is 5.75 Å². The van der Waals surface area contributed by atoms with Crippen molar-refractivity contribution in [2.75, 3.05) is 25.1 Å². The summed E-state index contributed by atoms with van der Waals surface area (Å²) in [6, 6.07) is 19.5. The van der Waals surface area contributed by atoms with Crippen LogP contribution in [0.1, 0.15) is 29.5 Å². The largest absolute Gasteiger partial charge is 0.496 e. The van der Waals surface area contributed by atoms with Crippen molar-refractivity contribution < 1.29 is 9.53 Å². The molecule has 0 radical (unpaired) electrons. The number of hydrogen-bond acceptors (Lipinski definition) is 6. The fourth-order valence-electron chi connectivity index (χ4n) is 4.85. The molecule has 1 N–H and O–H groups in total. The van der Waals surface area contributed by atoms with E-state index in [9.17, 15) is 9.59 Å². The van der Waals surface area contributed by atoms with Crippen LogP contribution in [-0.4, -0.2) is 40.6 Å². The maximum absolute atomic E-state index is 13.7. The molecule has 2 aromatic carbocycles. The van der Waals surface area contributed by atoms with Crippen molar-refractivity contribution in [2.45, 2.75) is 32.9 Å². The minimum absolute atomic E-state index is 0.0296. The van der Waals surface area contributed by atoms with Gasteiger partial charge in [0.15, 0.2) is 11.5 Å². The predicted octanol–water partition coefficient (Wildman–Crippen LogP) is 3.69. The molecule has 190 valence electrons. The molecule has 2 aromatic heterocycles. The van der Waals surface area contributed by atoms with Crippen LogP contribution in [-0.2, 0) is 17.9 Å². The zero-order valence-electron chi connectivity index (χ0n) is 21.2. The molecule has 0 spiro atoms. The Hall–Kier alpha value is -4.20. The van der Waals surface area contributed by atoms with Gasteiger partial charge in [-0.25, -0.2) is 9.97 Å². The second-order valence-corrected chi connectivity index (χ2v) is 9.47. The van der Waals surface area contributed by atoms with Crippen molar-refractivity contribution in [1.82, 2.24) is 19.9 Å². The van der Waals surface area contributed by atoms with E-state index < -0.39 is 0 Å². The van der Waals surface area contributed by atoms with E-state index in [4.69, 9.17) is 9.72 Å². The van der Waals surface area contributed by atoms with Gasteiger partial charge in [0.2, 0.25) is 5.91 Å².